The summed E-state index contributed by atoms with van der Waals surface area (Å²) in [5.74, 6) is 0.633. The maximum absolute atomic E-state index is 13.8. The molecule has 13 heteroatoms. The van der Waals surface area contributed by atoms with Crippen LogP contribution in [0.1, 0.15) is 48.9 Å². The van der Waals surface area contributed by atoms with E-state index in [1.165, 1.54) is 25.5 Å². The first-order valence-corrected chi connectivity index (χ1v) is 12.3. The van der Waals surface area contributed by atoms with Crippen LogP contribution < -0.4 is 14.6 Å². The Morgan fingerprint density at radius 1 is 1.00 bits per heavy atom. The molecule has 0 saturated heterocycles. The van der Waals surface area contributed by atoms with E-state index in [1.54, 1.807) is 24.3 Å². The molecule has 0 radical (unpaired) electrons. The van der Waals surface area contributed by atoms with E-state index in [2.05, 4.69) is 4.28 Å². The minimum absolute atomic E-state index is 0.125. The number of pyridine rings is 1. The van der Waals surface area contributed by atoms with Gasteiger partial charge in [0.1, 0.15) is 5.75 Å². The van der Waals surface area contributed by atoms with Gasteiger partial charge in [-0.15, -0.1) is 4.73 Å². The lowest BCUT2D eigenvalue weighted by Crippen LogP contribution is -2.51. The highest BCUT2D eigenvalue weighted by atomic mass is 32.2. The van der Waals surface area contributed by atoms with Gasteiger partial charge in [-0.3, -0.25) is 9.08 Å². The zero-order valence-electron chi connectivity index (χ0n) is 19.0. The number of aromatic nitrogens is 1. The van der Waals surface area contributed by atoms with Crippen molar-refractivity contribution in [3.8, 4) is 5.75 Å². The summed E-state index contributed by atoms with van der Waals surface area (Å²) >= 11 is 0. The molecule has 1 aromatic carbocycles. The minimum Gasteiger partial charge on any atom is -0.490 e. The largest absolute Gasteiger partial charge is 0.490 e. The topological polar surface area (TPSA) is 74.6 Å². The van der Waals surface area contributed by atoms with Gasteiger partial charge in [-0.1, -0.05) is 24.6 Å². The molecule has 3 rings (SSSR count). The van der Waals surface area contributed by atoms with Crippen molar-refractivity contribution in [1.29, 1.82) is 0 Å². The second-order valence-electron chi connectivity index (χ2n) is 8.37. The molecule has 6 nitrogen and oxygen atoms in total. The zero-order valence-corrected chi connectivity index (χ0v) is 19.8. The van der Waals surface area contributed by atoms with Crippen molar-refractivity contribution in [2.75, 3.05) is 0 Å². The van der Waals surface area contributed by atoms with Crippen LogP contribution in [0.4, 0.5) is 26.3 Å². The highest BCUT2D eigenvalue weighted by Crippen LogP contribution is 2.38. The summed E-state index contributed by atoms with van der Waals surface area (Å²) < 4.78 is 112. The molecule has 1 heterocycles. The second-order valence-corrected chi connectivity index (χ2v) is 9.97. The summed E-state index contributed by atoms with van der Waals surface area (Å²) in [5, 5.41) is -6.01. The zero-order chi connectivity index (χ0) is 26.7. The van der Waals surface area contributed by atoms with Crippen LogP contribution in [-0.2, 0) is 10.1 Å². The summed E-state index contributed by atoms with van der Waals surface area (Å²) in [4.78, 5) is 12.2. The van der Waals surface area contributed by atoms with E-state index in [0.717, 1.165) is 37.8 Å². The van der Waals surface area contributed by atoms with E-state index < -0.39 is 33.3 Å². The molecule has 1 aliphatic carbocycles. The van der Waals surface area contributed by atoms with Gasteiger partial charge in [0.15, 0.2) is 0 Å². The Balaban J connectivity index is 1.84. The monoisotopic (exact) mass is 539 g/mol. The average Bonchev–Trinajstić information content (AvgIpc) is 2.80. The van der Waals surface area contributed by atoms with E-state index >= 15 is 0 Å². The number of halogens is 6. The third kappa shape index (κ3) is 6.42. The lowest BCUT2D eigenvalue weighted by molar-refractivity contribution is -0.223. The standard InChI is InChI=1S/C23H23F6NO5S/c1-15-13-17(10-7-16-8-11-19(12-9-16)34-18-5-3-2-4-6-18)30(20(31)14-15)35-36(32,33)23(28,29)21(24)22(25,26)27/h7-14,18,21H,2-6H2,1H3/b10-7+. The van der Waals surface area contributed by atoms with Crippen molar-refractivity contribution in [2.45, 2.75) is 62.7 Å². The van der Waals surface area contributed by atoms with Crippen LogP contribution in [0.5, 0.6) is 5.75 Å². The lowest BCUT2D eigenvalue weighted by Gasteiger charge is -2.23. The Morgan fingerprint density at radius 3 is 2.19 bits per heavy atom. The van der Waals surface area contributed by atoms with Crippen molar-refractivity contribution < 1.29 is 43.8 Å². The van der Waals surface area contributed by atoms with Crippen LogP contribution in [-0.4, -0.2) is 36.9 Å². The molecule has 1 atom stereocenters. The maximum atomic E-state index is 13.8. The van der Waals surface area contributed by atoms with Crippen molar-refractivity contribution in [2.24, 2.45) is 0 Å². The SMILES string of the molecule is Cc1cc(/C=C/c2ccc(OC3CCCCC3)cc2)n(OS(=O)(=O)C(F)(F)C(F)C(F)(F)F)c(=O)c1. The number of hydrogen-bond donors (Lipinski definition) is 0. The minimum atomic E-state index is -6.57. The van der Waals surface area contributed by atoms with Crippen molar-refractivity contribution in [1.82, 2.24) is 4.73 Å². The van der Waals surface area contributed by atoms with E-state index in [-0.39, 0.29) is 22.1 Å². The number of hydrogen-bond acceptors (Lipinski definition) is 5. The van der Waals surface area contributed by atoms with Crippen molar-refractivity contribution >= 4 is 22.3 Å². The first kappa shape index (κ1) is 27.6. The number of nitrogens with zero attached hydrogens (tertiary/aromatic N) is 1. The van der Waals surface area contributed by atoms with Crippen LogP contribution in [0.2, 0.25) is 0 Å². The summed E-state index contributed by atoms with van der Waals surface area (Å²) in [7, 11) is -6.57. The van der Waals surface area contributed by atoms with Crippen LogP contribution in [0.15, 0.2) is 41.2 Å². The van der Waals surface area contributed by atoms with Gasteiger partial charge < -0.3 is 4.74 Å². The van der Waals surface area contributed by atoms with Gasteiger partial charge in [-0.25, -0.2) is 4.39 Å². The molecule has 36 heavy (non-hydrogen) atoms. The third-order valence-electron chi connectivity index (χ3n) is 5.43. The third-order valence-corrected chi connectivity index (χ3v) is 6.65. The van der Waals surface area contributed by atoms with E-state index in [4.69, 9.17) is 4.74 Å². The first-order valence-electron chi connectivity index (χ1n) is 10.9. The molecule has 0 amide bonds. The highest BCUT2D eigenvalue weighted by molar-refractivity contribution is 7.88. The van der Waals surface area contributed by atoms with E-state index in [9.17, 15) is 39.6 Å². The molecule has 0 spiro atoms. The van der Waals surface area contributed by atoms with Crippen molar-refractivity contribution in [3.63, 3.8) is 0 Å². The first-order chi connectivity index (χ1) is 16.7. The Hall–Kier alpha value is -2.96. The second kappa shape index (κ2) is 10.6. The van der Waals surface area contributed by atoms with Crippen LogP contribution >= 0.6 is 0 Å². The molecular formula is C23H23F6NO5S. The highest BCUT2D eigenvalue weighted by Gasteiger charge is 2.66. The Labute approximate surface area is 203 Å². The van der Waals surface area contributed by atoms with Crippen LogP contribution in [0, 0.1) is 6.92 Å². The quantitative estimate of drug-likeness (QED) is 0.427. The van der Waals surface area contributed by atoms with E-state index in [0.29, 0.717) is 11.3 Å². The molecule has 198 valence electrons. The fraction of sp³-hybridized carbons (Fsp3) is 0.435. The smallest absolute Gasteiger partial charge is 0.426 e. The maximum Gasteiger partial charge on any atom is 0.426 e. The molecule has 1 fully saturated rings. The molecule has 1 unspecified atom stereocenters. The Kier molecular flexibility index (Phi) is 8.11. The van der Waals surface area contributed by atoms with Gasteiger partial charge in [0.25, 0.3) is 11.7 Å². The summed E-state index contributed by atoms with van der Waals surface area (Å²) in [6.45, 7) is 1.44. The van der Waals surface area contributed by atoms with Gasteiger partial charge in [0.05, 0.1) is 11.8 Å². The summed E-state index contributed by atoms with van der Waals surface area (Å²) in [5.41, 5.74) is -0.837. The molecule has 1 aliphatic rings. The predicted molar refractivity (Wildman–Crippen MR) is 120 cm³/mol. The normalized spacial score (nSPS) is 16.8. The van der Waals surface area contributed by atoms with Crippen LogP contribution in [0.25, 0.3) is 12.2 Å². The number of aryl methyl sites for hydroxylation is 1. The summed E-state index contributed by atoms with van der Waals surface area (Å²) in [6.07, 6.45) is -3.33. The predicted octanol–water partition coefficient (Wildman–Crippen LogP) is 5.29. The Bertz CT molecular complexity index is 1250. The van der Waals surface area contributed by atoms with Gasteiger partial charge in [0.2, 0.25) is 0 Å². The molecule has 2 aromatic rings. The molecule has 0 bridgehead atoms. The van der Waals surface area contributed by atoms with Crippen LogP contribution in [0.3, 0.4) is 0 Å². The average molecular weight is 539 g/mol. The van der Waals surface area contributed by atoms with Gasteiger partial charge in [-0.05, 0) is 68.0 Å². The van der Waals surface area contributed by atoms with Gasteiger partial charge in [0, 0.05) is 6.07 Å². The number of ether oxygens (including phenoxy) is 1. The summed E-state index contributed by atoms with van der Waals surface area (Å²) in [6, 6.07) is 8.66. The Morgan fingerprint density at radius 2 is 1.61 bits per heavy atom. The molecule has 0 aliphatic heterocycles. The molecular weight excluding hydrogens is 516 g/mol. The fourth-order valence-corrected chi connectivity index (χ4v) is 4.43. The number of rotatable bonds is 8. The van der Waals surface area contributed by atoms with Gasteiger partial charge in [-0.2, -0.15) is 30.4 Å². The lowest BCUT2D eigenvalue weighted by atomic mass is 9.98. The molecule has 1 aromatic heterocycles. The van der Waals surface area contributed by atoms with Crippen molar-refractivity contribution in [3.05, 3.63) is 63.6 Å². The molecule has 1 saturated carbocycles. The fourth-order valence-electron chi connectivity index (χ4n) is 3.59. The number of benzene rings is 1. The molecule has 0 N–H and O–H groups in total. The van der Waals surface area contributed by atoms with Gasteiger partial charge >= 0.3 is 21.5 Å². The number of alkyl halides is 6. The van der Waals surface area contributed by atoms with E-state index in [1.807, 2.05) is 0 Å².